The van der Waals surface area contributed by atoms with Crippen LogP contribution in [-0.4, -0.2) is 16.7 Å². The van der Waals surface area contributed by atoms with Crippen molar-refractivity contribution in [1.82, 2.24) is 0 Å². The maximum atomic E-state index is 13.4. The number of anilines is 1. The van der Waals surface area contributed by atoms with Gasteiger partial charge in [0.05, 0.1) is 21.1 Å². The number of rotatable bonds is 6. The first-order valence-electron chi connectivity index (χ1n) is 9.69. The lowest BCUT2D eigenvalue weighted by Gasteiger charge is -2.15. The van der Waals surface area contributed by atoms with E-state index in [0.717, 1.165) is 16.9 Å². The third-order valence-electron chi connectivity index (χ3n) is 4.97. The second-order valence-corrected chi connectivity index (χ2v) is 7.97. The highest BCUT2D eigenvalue weighted by Gasteiger charge is 2.40. The molecule has 0 aromatic heterocycles. The molecule has 0 N–H and O–H groups in total. The molecule has 0 radical (unpaired) electrons. The smallest absolute Gasteiger partial charge is 0.268 e. The van der Waals surface area contributed by atoms with Crippen LogP contribution in [0.4, 0.5) is 11.4 Å². The van der Waals surface area contributed by atoms with Crippen molar-refractivity contribution in [2.24, 2.45) is 0 Å². The van der Waals surface area contributed by atoms with Gasteiger partial charge in [-0.05, 0) is 53.9 Å². The van der Waals surface area contributed by atoms with Crippen molar-refractivity contribution in [3.63, 3.8) is 0 Å². The van der Waals surface area contributed by atoms with E-state index in [-0.39, 0.29) is 11.3 Å². The SMILES string of the molecule is CCc1ccc(N2C(=O)C(Sc3ccccc3)=C(c3ccc([N+](=O)[O-])cc3)C2=O)cc1. The molecule has 1 aliphatic heterocycles. The number of benzene rings is 3. The molecule has 0 atom stereocenters. The molecule has 6 nitrogen and oxygen atoms in total. The number of nitrogens with zero attached hydrogens (tertiary/aromatic N) is 2. The molecule has 3 aromatic rings. The van der Waals surface area contributed by atoms with Crippen LogP contribution in [0.1, 0.15) is 18.1 Å². The first-order valence-corrected chi connectivity index (χ1v) is 10.5. The van der Waals surface area contributed by atoms with Gasteiger partial charge in [0.15, 0.2) is 0 Å². The van der Waals surface area contributed by atoms with E-state index < -0.39 is 16.7 Å². The Labute approximate surface area is 183 Å². The second kappa shape index (κ2) is 8.57. The van der Waals surface area contributed by atoms with E-state index in [9.17, 15) is 19.7 Å². The standard InChI is InChI=1S/C24H18N2O4S/c1-2-16-8-12-18(13-9-16)25-23(27)21(17-10-14-19(15-11-17)26(29)30)22(24(25)28)31-20-6-4-3-5-7-20/h3-15H,2H2,1H3. The van der Waals surface area contributed by atoms with E-state index in [1.807, 2.05) is 49.4 Å². The molecule has 0 spiro atoms. The molecule has 1 aliphatic rings. The van der Waals surface area contributed by atoms with Crippen LogP contribution in [0.15, 0.2) is 88.7 Å². The molecule has 0 fully saturated rings. The van der Waals surface area contributed by atoms with Gasteiger partial charge < -0.3 is 0 Å². The number of amides is 2. The zero-order valence-corrected chi connectivity index (χ0v) is 17.5. The van der Waals surface area contributed by atoms with Crippen LogP contribution in [0.3, 0.4) is 0 Å². The predicted octanol–water partition coefficient (Wildman–Crippen LogP) is 5.23. The number of aryl methyl sites for hydroxylation is 1. The molecule has 0 unspecified atom stereocenters. The molecular weight excluding hydrogens is 412 g/mol. The maximum Gasteiger partial charge on any atom is 0.272 e. The van der Waals surface area contributed by atoms with Crippen molar-refractivity contribution in [3.05, 3.63) is 105 Å². The van der Waals surface area contributed by atoms with Crippen LogP contribution in [-0.2, 0) is 16.0 Å². The molecule has 1 heterocycles. The molecule has 0 saturated heterocycles. The summed E-state index contributed by atoms with van der Waals surface area (Å²) in [5, 5.41) is 11.0. The van der Waals surface area contributed by atoms with Crippen molar-refractivity contribution in [3.8, 4) is 0 Å². The van der Waals surface area contributed by atoms with Gasteiger partial charge in [0, 0.05) is 17.0 Å². The first kappa shape index (κ1) is 20.6. The van der Waals surface area contributed by atoms with Crippen LogP contribution in [0.2, 0.25) is 0 Å². The van der Waals surface area contributed by atoms with Crippen molar-refractivity contribution in [1.29, 1.82) is 0 Å². The summed E-state index contributed by atoms with van der Waals surface area (Å²) in [7, 11) is 0. The summed E-state index contributed by atoms with van der Waals surface area (Å²) in [5.41, 5.74) is 2.23. The predicted molar refractivity (Wildman–Crippen MR) is 121 cm³/mol. The normalized spacial score (nSPS) is 13.8. The quantitative estimate of drug-likeness (QED) is 0.304. The van der Waals surface area contributed by atoms with Gasteiger partial charge >= 0.3 is 0 Å². The Kier molecular flexibility index (Phi) is 5.68. The van der Waals surface area contributed by atoms with E-state index in [0.29, 0.717) is 16.2 Å². The zero-order chi connectivity index (χ0) is 22.0. The summed E-state index contributed by atoms with van der Waals surface area (Å²) in [5.74, 6) is -0.849. The van der Waals surface area contributed by atoms with Gasteiger partial charge in [0.1, 0.15) is 0 Å². The number of non-ortho nitro benzene ring substituents is 1. The lowest BCUT2D eigenvalue weighted by atomic mass is 10.1. The lowest BCUT2D eigenvalue weighted by Crippen LogP contribution is -2.31. The van der Waals surface area contributed by atoms with Crippen LogP contribution in [0.25, 0.3) is 5.57 Å². The Morgan fingerprint density at radius 3 is 2.10 bits per heavy atom. The highest BCUT2D eigenvalue weighted by Crippen LogP contribution is 2.41. The number of hydrogen-bond donors (Lipinski definition) is 0. The van der Waals surface area contributed by atoms with Crippen molar-refractivity contribution in [2.45, 2.75) is 18.2 Å². The minimum absolute atomic E-state index is 0.0783. The highest BCUT2D eigenvalue weighted by molar-refractivity contribution is 8.04. The van der Waals surface area contributed by atoms with Crippen LogP contribution in [0, 0.1) is 10.1 Å². The summed E-state index contributed by atoms with van der Waals surface area (Å²) >= 11 is 1.22. The third kappa shape index (κ3) is 4.00. The summed E-state index contributed by atoms with van der Waals surface area (Å²) in [6.45, 7) is 2.03. The molecule has 7 heteroatoms. The van der Waals surface area contributed by atoms with Crippen molar-refractivity contribution in [2.75, 3.05) is 4.90 Å². The van der Waals surface area contributed by atoms with E-state index in [2.05, 4.69) is 0 Å². The van der Waals surface area contributed by atoms with Gasteiger partial charge in [0.2, 0.25) is 0 Å². The van der Waals surface area contributed by atoms with Gasteiger partial charge in [-0.2, -0.15) is 0 Å². The summed E-state index contributed by atoms with van der Waals surface area (Å²) < 4.78 is 0. The van der Waals surface area contributed by atoms with Gasteiger partial charge in [-0.25, -0.2) is 4.90 Å². The molecule has 0 saturated carbocycles. The topological polar surface area (TPSA) is 80.5 Å². The summed E-state index contributed by atoms with van der Waals surface area (Å²) in [6.07, 6.45) is 0.851. The average molecular weight is 430 g/mol. The third-order valence-corrected chi connectivity index (χ3v) is 6.06. The number of nitro groups is 1. The Morgan fingerprint density at radius 1 is 0.871 bits per heavy atom. The van der Waals surface area contributed by atoms with Crippen LogP contribution >= 0.6 is 11.8 Å². The van der Waals surface area contributed by atoms with Gasteiger partial charge in [-0.3, -0.25) is 19.7 Å². The maximum absolute atomic E-state index is 13.4. The van der Waals surface area contributed by atoms with E-state index in [4.69, 9.17) is 0 Å². The van der Waals surface area contributed by atoms with E-state index in [1.165, 1.54) is 40.9 Å². The second-order valence-electron chi connectivity index (χ2n) is 6.89. The molecule has 31 heavy (non-hydrogen) atoms. The molecular formula is C24H18N2O4S. The summed E-state index contributed by atoms with van der Waals surface area (Å²) in [6, 6.07) is 22.3. The van der Waals surface area contributed by atoms with Crippen molar-refractivity contribution < 1.29 is 14.5 Å². The zero-order valence-electron chi connectivity index (χ0n) is 16.6. The number of hydrogen-bond acceptors (Lipinski definition) is 5. The van der Waals surface area contributed by atoms with Crippen LogP contribution < -0.4 is 4.90 Å². The monoisotopic (exact) mass is 430 g/mol. The Balaban J connectivity index is 1.79. The Morgan fingerprint density at radius 2 is 1.52 bits per heavy atom. The number of thioether (sulfide) groups is 1. The summed E-state index contributed by atoms with van der Waals surface area (Å²) in [4.78, 5) is 39.5. The van der Waals surface area contributed by atoms with Gasteiger partial charge in [-0.15, -0.1) is 0 Å². The fourth-order valence-electron chi connectivity index (χ4n) is 3.33. The largest absolute Gasteiger partial charge is 0.272 e. The number of carbonyl (C=O) groups excluding carboxylic acids is 2. The Bertz CT molecular complexity index is 1190. The average Bonchev–Trinajstić information content (AvgIpc) is 3.04. The molecule has 0 bridgehead atoms. The minimum Gasteiger partial charge on any atom is -0.268 e. The fourth-order valence-corrected chi connectivity index (χ4v) is 4.35. The molecule has 0 aliphatic carbocycles. The van der Waals surface area contributed by atoms with E-state index >= 15 is 0 Å². The van der Waals surface area contributed by atoms with Crippen LogP contribution in [0.5, 0.6) is 0 Å². The van der Waals surface area contributed by atoms with Gasteiger partial charge in [0.25, 0.3) is 17.5 Å². The number of nitro benzene ring substituents is 1. The Hall–Kier alpha value is -3.71. The van der Waals surface area contributed by atoms with Crippen molar-refractivity contribution >= 4 is 40.5 Å². The molecule has 2 amide bonds. The molecule has 154 valence electrons. The lowest BCUT2D eigenvalue weighted by molar-refractivity contribution is -0.384. The van der Waals surface area contributed by atoms with Gasteiger partial charge in [-0.1, -0.05) is 49.0 Å². The fraction of sp³-hybridized carbons (Fsp3) is 0.0833. The molecule has 3 aromatic carbocycles. The minimum atomic E-state index is -0.499. The highest BCUT2D eigenvalue weighted by atomic mass is 32.2. The number of imide groups is 1. The number of carbonyl (C=O) groups is 2. The molecule has 4 rings (SSSR count). The first-order chi connectivity index (χ1) is 15.0. The van der Waals surface area contributed by atoms with E-state index in [1.54, 1.807) is 12.1 Å².